The highest BCUT2D eigenvalue weighted by Crippen LogP contribution is 2.29. The number of benzene rings is 1. The van der Waals surface area contributed by atoms with Crippen LogP contribution in [-0.4, -0.2) is 67.7 Å². The number of likely N-dealkylation sites (tertiary alicyclic amines) is 1. The minimum atomic E-state index is 0.586. The van der Waals surface area contributed by atoms with Gasteiger partial charge in [0.1, 0.15) is 5.65 Å². The van der Waals surface area contributed by atoms with Gasteiger partial charge >= 0.3 is 0 Å². The van der Waals surface area contributed by atoms with Gasteiger partial charge in [-0.3, -0.25) is 9.98 Å². The maximum Gasteiger partial charge on any atom is 0.140 e. The summed E-state index contributed by atoms with van der Waals surface area (Å²) in [4.78, 5) is 15.4. The average Bonchev–Trinajstić information content (AvgIpc) is 3.29. The van der Waals surface area contributed by atoms with Gasteiger partial charge in [-0.2, -0.15) is 0 Å². The number of fused-ring (bicyclic) bond motifs is 1. The fourth-order valence-electron chi connectivity index (χ4n) is 4.33. The lowest BCUT2D eigenvalue weighted by molar-refractivity contribution is 0.218. The summed E-state index contributed by atoms with van der Waals surface area (Å²) >= 11 is 0. The van der Waals surface area contributed by atoms with Crippen LogP contribution in [0.1, 0.15) is 35.4 Å². The number of allylic oxidation sites excluding steroid dienone is 1. The zero-order valence-corrected chi connectivity index (χ0v) is 21.1. The standard InChI is InChI=1S/C27H31N5.C2H7N/c1-3-22-5-7-23(8-6-22)21-32-17-11-25-19-26(20-30-27(25)32)24-9-15-31(16-10-24)18-14-29-13-4-12-28-2;1-3-2/h3-8,11-13,17,19-20,24H,1-2,9-10,14-16,18,21H2;3H,1-2H3/b12-4-,29-13?;. The molecule has 2 aromatic heterocycles. The second kappa shape index (κ2) is 14.1. The molecule has 1 aliphatic rings. The predicted octanol–water partition coefficient (Wildman–Crippen LogP) is 5.03. The molecule has 0 aliphatic carbocycles. The lowest BCUT2D eigenvalue weighted by atomic mass is 9.90. The normalized spacial score (nSPS) is 14.9. The monoisotopic (exact) mass is 470 g/mol. The molecule has 1 N–H and O–H groups in total. The molecular weight excluding hydrogens is 432 g/mol. The number of hydrogen-bond donors (Lipinski definition) is 1. The third-order valence-electron chi connectivity index (χ3n) is 6.18. The molecule has 1 aliphatic heterocycles. The highest BCUT2D eigenvalue weighted by Gasteiger charge is 2.21. The van der Waals surface area contributed by atoms with Crippen molar-refractivity contribution in [2.24, 2.45) is 9.98 Å². The summed E-state index contributed by atoms with van der Waals surface area (Å²) in [5, 5.41) is 3.98. The number of nitrogens with zero attached hydrogens (tertiary/aromatic N) is 5. The minimum Gasteiger partial charge on any atom is -0.328 e. The van der Waals surface area contributed by atoms with Gasteiger partial charge in [0.05, 0.1) is 6.54 Å². The highest BCUT2D eigenvalue weighted by molar-refractivity contribution is 5.77. The van der Waals surface area contributed by atoms with Crippen LogP contribution in [0.2, 0.25) is 0 Å². The van der Waals surface area contributed by atoms with Crippen LogP contribution in [0.5, 0.6) is 0 Å². The molecule has 3 aromatic rings. The molecule has 6 heteroatoms. The zero-order chi connectivity index (χ0) is 24.9. The van der Waals surface area contributed by atoms with Crippen LogP contribution < -0.4 is 5.32 Å². The summed E-state index contributed by atoms with van der Waals surface area (Å²) in [7, 11) is 3.75. The van der Waals surface area contributed by atoms with Crippen molar-refractivity contribution in [3.63, 3.8) is 0 Å². The molecule has 1 fully saturated rings. The van der Waals surface area contributed by atoms with E-state index < -0.39 is 0 Å². The summed E-state index contributed by atoms with van der Waals surface area (Å²) in [5.41, 5.74) is 4.83. The van der Waals surface area contributed by atoms with Crippen molar-refractivity contribution in [3.8, 4) is 0 Å². The van der Waals surface area contributed by atoms with Gasteiger partial charge in [-0.05, 0) is 87.6 Å². The Kier molecular flexibility index (Phi) is 10.6. The highest BCUT2D eigenvalue weighted by atomic mass is 15.1. The smallest absolute Gasteiger partial charge is 0.140 e. The van der Waals surface area contributed by atoms with Gasteiger partial charge in [0.2, 0.25) is 0 Å². The van der Waals surface area contributed by atoms with Crippen molar-refractivity contribution in [1.82, 2.24) is 19.8 Å². The van der Waals surface area contributed by atoms with E-state index in [1.807, 2.05) is 26.2 Å². The second-order valence-corrected chi connectivity index (χ2v) is 8.77. The van der Waals surface area contributed by atoms with Crippen molar-refractivity contribution in [1.29, 1.82) is 0 Å². The molecule has 0 atom stereocenters. The fraction of sp³-hybridized carbons (Fsp3) is 0.345. The SMILES string of the molecule is C=Cc1ccc(Cn2ccc3cc(C4CCN(CCN=C/C=C\N=C)CC4)cnc32)cc1.CNC. The molecule has 0 unspecified atom stereocenters. The predicted molar refractivity (Wildman–Crippen MR) is 151 cm³/mol. The van der Waals surface area contributed by atoms with E-state index in [9.17, 15) is 0 Å². The number of piperidine rings is 1. The van der Waals surface area contributed by atoms with Crippen molar-refractivity contribution < 1.29 is 0 Å². The van der Waals surface area contributed by atoms with Crippen LogP contribution >= 0.6 is 0 Å². The van der Waals surface area contributed by atoms with E-state index in [-0.39, 0.29) is 0 Å². The number of rotatable bonds is 9. The van der Waals surface area contributed by atoms with E-state index in [4.69, 9.17) is 4.98 Å². The lowest BCUT2D eigenvalue weighted by Crippen LogP contribution is -2.34. The van der Waals surface area contributed by atoms with Crippen LogP contribution in [0.25, 0.3) is 17.1 Å². The van der Waals surface area contributed by atoms with Gasteiger partial charge in [0.15, 0.2) is 0 Å². The quantitative estimate of drug-likeness (QED) is 0.447. The van der Waals surface area contributed by atoms with Gasteiger partial charge < -0.3 is 14.8 Å². The number of nitrogens with one attached hydrogen (secondary N) is 1. The van der Waals surface area contributed by atoms with Crippen LogP contribution in [-0.2, 0) is 6.54 Å². The van der Waals surface area contributed by atoms with Gasteiger partial charge in [-0.25, -0.2) is 4.98 Å². The molecule has 3 heterocycles. The fourth-order valence-corrected chi connectivity index (χ4v) is 4.33. The van der Waals surface area contributed by atoms with Crippen molar-refractivity contribution in [3.05, 3.63) is 84.3 Å². The van der Waals surface area contributed by atoms with E-state index in [1.165, 1.54) is 29.4 Å². The topological polar surface area (TPSA) is 57.8 Å². The van der Waals surface area contributed by atoms with Gasteiger partial charge in [-0.15, -0.1) is 0 Å². The number of aliphatic imine (C=N–C) groups is 2. The molecule has 1 aromatic carbocycles. The van der Waals surface area contributed by atoms with Crippen LogP contribution in [0.3, 0.4) is 0 Å². The van der Waals surface area contributed by atoms with Crippen LogP contribution in [0, 0.1) is 0 Å². The Hall–Kier alpha value is -3.35. The first-order valence-corrected chi connectivity index (χ1v) is 12.3. The molecular formula is C29H38N6. The Bertz CT molecular complexity index is 1120. The molecule has 0 radical (unpaired) electrons. The van der Waals surface area contributed by atoms with Gasteiger partial charge in [-0.1, -0.05) is 36.9 Å². The van der Waals surface area contributed by atoms with E-state index in [0.717, 1.165) is 43.9 Å². The molecule has 6 nitrogen and oxygen atoms in total. The Morgan fingerprint density at radius 2 is 1.89 bits per heavy atom. The first kappa shape index (κ1) is 26.3. The molecule has 0 bridgehead atoms. The molecule has 1 saturated heterocycles. The molecule has 4 rings (SSSR count). The minimum absolute atomic E-state index is 0.586. The molecule has 0 amide bonds. The largest absolute Gasteiger partial charge is 0.328 e. The first-order valence-electron chi connectivity index (χ1n) is 12.3. The third kappa shape index (κ3) is 7.84. The van der Waals surface area contributed by atoms with Gasteiger partial charge in [0, 0.05) is 43.3 Å². The Balaban J connectivity index is 0.00000108. The summed E-state index contributed by atoms with van der Waals surface area (Å²) < 4.78 is 2.23. The van der Waals surface area contributed by atoms with Crippen LogP contribution in [0.4, 0.5) is 0 Å². The average molecular weight is 471 g/mol. The Morgan fingerprint density at radius 1 is 1.14 bits per heavy atom. The number of pyridine rings is 1. The molecule has 35 heavy (non-hydrogen) atoms. The summed E-state index contributed by atoms with van der Waals surface area (Å²) in [5.74, 6) is 0.586. The number of hydrogen-bond acceptors (Lipinski definition) is 5. The van der Waals surface area contributed by atoms with E-state index in [2.05, 4.69) is 86.9 Å². The molecule has 0 spiro atoms. The van der Waals surface area contributed by atoms with Crippen molar-refractivity contribution in [2.45, 2.75) is 25.3 Å². The second-order valence-electron chi connectivity index (χ2n) is 8.77. The van der Waals surface area contributed by atoms with Crippen molar-refractivity contribution >= 4 is 30.0 Å². The molecule has 0 saturated carbocycles. The molecule has 184 valence electrons. The Morgan fingerprint density at radius 3 is 2.57 bits per heavy atom. The van der Waals surface area contributed by atoms with E-state index in [0.29, 0.717) is 5.92 Å². The van der Waals surface area contributed by atoms with E-state index in [1.54, 1.807) is 12.4 Å². The van der Waals surface area contributed by atoms with Crippen molar-refractivity contribution in [2.75, 3.05) is 40.3 Å². The third-order valence-corrected chi connectivity index (χ3v) is 6.18. The van der Waals surface area contributed by atoms with E-state index >= 15 is 0 Å². The summed E-state index contributed by atoms with van der Waals surface area (Å²) in [6, 6.07) is 13.1. The maximum atomic E-state index is 4.85. The first-order chi connectivity index (χ1) is 17.2. The summed E-state index contributed by atoms with van der Waals surface area (Å²) in [6.45, 7) is 12.1. The van der Waals surface area contributed by atoms with Crippen LogP contribution in [0.15, 0.2) is 77.6 Å². The van der Waals surface area contributed by atoms with Gasteiger partial charge in [0.25, 0.3) is 0 Å². The lowest BCUT2D eigenvalue weighted by Gasteiger charge is -2.31. The maximum absolute atomic E-state index is 4.85. The number of aromatic nitrogens is 2. The zero-order valence-electron chi connectivity index (χ0n) is 21.1. The Labute approximate surface area is 209 Å². The summed E-state index contributed by atoms with van der Waals surface area (Å²) in [6.07, 6.45) is 13.7.